The average Bonchev–Trinajstić information content (AvgIpc) is 3.87. The van der Waals surface area contributed by atoms with Crippen LogP contribution in [-0.4, -0.2) is 33.5 Å². The Morgan fingerprint density at radius 3 is 2.14 bits per heavy atom. The van der Waals surface area contributed by atoms with Gasteiger partial charge in [0.25, 0.3) is 0 Å². The van der Waals surface area contributed by atoms with Gasteiger partial charge in [0.15, 0.2) is 0 Å². The minimum Gasteiger partial charge on any atom is -0.462 e. The number of ether oxygens (including phenoxy) is 2. The van der Waals surface area contributed by atoms with Crippen LogP contribution in [0.3, 0.4) is 0 Å². The number of anilines is 1. The molecule has 2 aliphatic rings. The van der Waals surface area contributed by atoms with Crippen LogP contribution < -0.4 is 9.64 Å². The molecule has 244 valence electrons. The van der Waals surface area contributed by atoms with Crippen LogP contribution in [0, 0.1) is 0 Å². The van der Waals surface area contributed by atoms with Crippen molar-refractivity contribution in [3.63, 3.8) is 0 Å². The fourth-order valence-electron chi connectivity index (χ4n) is 6.22. The van der Waals surface area contributed by atoms with Gasteiger partial charge in [0.1, 0.15) is 38.9 Å². The molecule has 9 rings (SSSR count). The number of H-pyrrole nitrogens is 1. The summed E-state index contributed by atoms with van der Waals surface area (Å²) in [6, 6.07) is 30.8. The third-order valence-corrected chi connectivity index (χ3v) is 11.0. The van der Waals surface area contributed by atoms with E-state index < -0.39 is 0 Å². The number of nitrogens with one attached hydrogen (secondary N) is 1. The predicted octanol–water partition coefficient (Wildman–Crippen LogP) is 10.4. The van der Waals surface area contributed by atoms with Gasteiger partial charge in [-0.15, -0.1) is 22.7 Å². The maximum Gasteiger partial charge on any atom is 0.142 e. The lowest BCUT2D eigenvalue weighted by Crippen LogP contribution is -2.16. The Bertz CT molecular complexity index is 2460. The van der Waals surface area contributed by atoms with E-state index in [0.29, 0.717) is 11.5 Å². The molecule has 9 heteroatoms. The van der Waals surface area contributed by atoms with Crippen LogP contribution in [0.1, 0.15) is 35.3 Å². The minimum atomic E-state index is 0.634. The lowest BCUT2D eigenvalue weighted by atomic mass is 10.0. The summed E-state index contributed by atoms with van der Waals surface area (Å²) in [5.74, 6) is 3.53. The second-order valence-corrected chi connectivity index (χ2v) is 14.3. The van der Waals surface area contributed by atoms with Crippen LogP contribution in [0.4, 0.5) is 5.69 Å². The summed E-state index contributed by atoms with van der Waals surface area (Å²) >= 11 is 3.34. The first kappa shape index (κ1) is 30.3. The minimum absolute atomic E-state index is 0.634. The molecule has 0 unspecified atom stereocenters. The molecule has 0 fully saturated rings. The first-order chi connectivity index (χ1) is 24.5. The fourth-order valence-corrected chi connectivity index (χ4v) is 8.36. The first-order valence-electron chi connectivity index (χ1n) is 16.4. The molecule has 0 atom stereocenters. The van der Waals surface area contributed by atoms with Gasteiger partial charge < -0.3 is 19.4 Å². The average molecular weight is 690 g/mol. The van der Waals surface area contributed by atoms with Gasteiger partial charge in [0, 0.05) is 37.0 Å². The van der Waals surface area contributed by atoms with Crippen molar-refractivity contribution in [3.8, 4) is 5.75 Å². The van der Waals surface area contributed by atoms with Crippen LogP contribution in [0.5, 0.6) is 5.75 Å². The number of hydrogen-bond acceptors (Lipinski definition) is 8. The highest BCUT2D eigenvalue weighted by atomic mass is 32.1. The number of imidazole rings is 1. The molecule has 7 aromatic rings. The van der Waals surface area contributed by atoms with Crippen LogP contribution in [0.15, 0.2) is 132 Å². The number of allylic oxidation sites excluding steroid dienone is 6. The summed E-state index contributed by atoms with van der Waals surface area (Å²) < 4.78 is 15.4. The molecule has 50 heavy (non-hydrogen) atoms. The summed E-state index contributed by atoms with van der Waals surface area (Å²) in [7, 11) is 2.08. The van der Waals surface area contributed by atoms with Gasteiger partial charge >= 0.3 is 0 Å². The Morgan fingerprint density at radius 1 is 0.780 bits per heavy atom. The van der Waals surface area contributed by atoms with E-state index in [0.717, 1.165) is 93.3 Å². The molecule has 0 radical (unpaired) electrons. The third kappa shape index (κ3) is 5.50. The number of thiazole rings is 2. The van der Waals surface area contributed by atoms with Crippen molar-refractivity contribution >= 4 is 77.0 Å². The number of nitrogens with zero attached hydrogens (tertiary/aromatic N) is 4. The smallest absolute Gasteiger partial charge is 0.142 e. The lowest BCUT2D eigenvalue weighted by molar-refractivity contribution is 0.314. The van der Waals surface area contributed by atoms with Crippen molar-refractivity contribution in [2.45, 2.75) is 13.8 Å². The number of benzene rings is 4. The Labute approximate surface area is 296 Å². The van der Waals surface area contributed by atoms with Crippen molar-refractivity contribution in [1.29, 1.82) is 0 Å². The van der Waals surface area contributed by atoms with Gasteiger partial charge in [0.05, 0.1) is 42.6 Å². The molecule has 0 saturated carbocycles. The molecule has 0 aliphatic carbocycles. The number of hydrogen-bond donors (Lipinski definition) is 1. The largest absolute Gasteiger partial charge is 0.462 e. The normalized spacial score (nSPS) is 15.1. The molecule has 0 spiro atoms. The van der Waals surface area contributed by atoms with Crippen LogP contribution >= 0.6 is 22.7 Å². The highest BCUT2D eigenvalue weighted by Crippen LogP contribution is 2.42. The van der Waals surface area contributed by atoms with Crippen LogP contribution in [-0.2, 0) is 4.74 Å². The molecule has 0 saturated heterocycles. The Hall–Kier alpha value is -5.77. The summed E-state index contributed by atoms with van der Waals surface area (Å²) in [5.41, 5.74) is 8.63. The van der Waals surface area contributed by atoms with Crippen molar-refractivity contribution in [1.82, 2.24) is 19.9 Å². The second kappa shape index (κ2) is 12.3. The molecular weight excluding hydrogens is 659 g/mol. The van der Waals surface area contributed by atoms with E-state index >= 15 is 0 Å². The van der Waals surface area contributed by atoms with E-state index in [1.807, 2.05) is 49.4 Å². The maximum absolute atomic E-state index is 6.74. The Morgan fingerprint density at radius 2 is 1.46 bits per heavy atom. The number of rotatable bonds is 6. The molecule has 3 aromatic heterocycles. The summed E-state index contributed by atoms with van der Waals surface area (Å²) in [5, 5.41) is 1.82. The summed E-state index contributed by atoms with van der Waals surface area (Å²) in [6.45, 7) is 4.99. The van der Waals surface area contributed by atoms with E-state index in [4.69, 9.17) is 24.4 Å². The Kier molecular flexibility index (Phi) is 7.44. The van der Waals surface area contributed by atoms with Crippen LogP contribution in [0.2, 0.25) is 0 Å². The predicted molar refractivity (Wildman–Crippen MR) is 206 cm³/mol. The first-order valence-corrected chi connectivity index (χ1v) is 18.1. The van der Waals surface area contributed by atoms with E-state index in [1.54, 1.807) is 22.7 Å². The zero-order chi connectivity index (χ0) is 33.8. The molecule has 5 heterocycles. The maximum atomic E-state index is 6.74. The third-order valence-electron chi connectivity index (χ3n) is 8.85. The van der Waals surface area contributed by atoms with Gasteiger partial charge in [-0.1, -0.05) is 36.4 Å². The number of aromatic amines is 1. The zero-order valence-electron chi connectivity index (χ0n) is 27.6. The number of aromatic nitrogens is 4. The Balaban J connectivity index is 1.22. The van der Waals surface area contributed by atoms with E-state index in [9.17, 15) is 0 Å². The topological polar surface area (TPSA) is 76.2 Å². The van der Waals surface area contributed by atoms with Crippen molar-refractivity contribution in [2.24, 2.45) is 0 Å². The van der Waals surface area contributed by atoms with E-state index in [-0.39, 0.29) is 0 Å². The zero-order valence-corrected chi connectivity index (χ0v) is 29.2. The summed E-state index contributed by atoms with van der Waals surface area (Å²) in [4.78, 5) is 20.8. The molecule has 7 nitrogen and oxygen atoms in total. The van der Waals surface area contributed by atoms with Gasteiger partial charge in [0.2, 0.25) is 0 Å². The molecule has 2 aliphatic heterocycles. The van der Waals surface area contributed by atoms with Gasteiger partial charge in [-0.3, -0.25) is 0 Å². The monoisotopic (exact) mass is 689 g/mol. The van der Waals surface area contributed by atoms with Crippen molar-refractivity contribution in [2.75, 3.05) is 18.5 Å². The van der Waals surface area contributed by atoms with Gasteiger partial charge in [-0.25, -0.2) is 15.0 Å². The van der Waals surface area contributed by atoms with Crippen LogP contribution in [0.25, 0.3) is 48.7 Å². The quantitative estimate of drug-likeness (QED) is 0.187. The highest BCUT2D eigenvalue weighted by Gasteiger charge is 2.25. The van der Waals surface area contributed by atoms with Crippen molar-refractivity contribution < 1.29 is 9.47 Å². The van der Waals surface area contributed by atoms with Gasteiger partial charge in [-0.2, -0.15) is 0 Å². The number of fused-ring (bicyclic) bond motifs is 4. The molecule has 4 aromatic carbocycles. The molecular formula is C41H31N5O2S2. The lowest BCUT2D eigenvalue weighted by Gasteiger charge is -2.24. The molecule has 0 amide bonds. The highest BCUT2D eigenvalue weighted by molar-refractivity contribution is 7.22. The standard InChI is InChI=1S/C41H31N5O2S2/c1-4-46(3)27-18-17-25-21-29(39-42-30-11-5-6-12-31(30)43-39)35(48-34(25)22-27)23-28-20-26(19-24(2)47-28)38(40-44-32-13-7-9-15-36(32)49-40)41-45-33-14-8-10-16-37(33)50-41/h5-23H,4H2,1-3H3,(H,42,43)/b35-23+. The second-order valence-electron chi connectivity index (χ2n) is 12.2. The SMILES string of the molecule is CCN(C)c1ccc2c(c1)O/C(=C/C1=CC(=C(c3nc4ccccc4s3)c3nc4ccccc4s3)C=C(C)O1)C(c1nc3ccccc3[nH]1)=C2. The number of para-hydroxylation sites is 4. The fraction of sp³-hybridized carbons (Fsp3) is 0.0976. The van der Waals surface area contributed by atoms with E-state index in [1.165, 1.54) is 0 Å². The van der Waals surface area contributed by atoms with Gasteiger partial charge in [-0.05, 0) is 86.2 Å². The molecule has 1 N–H and O–H groups in total. The van der Waals surface area contributed by atoms with Crippen molar-refractivity contribution in [3.05, 3.63) is 153 Å². The molecule has 0 bridgehead atoms. The summed E-state index contributed by atoms with van der Waals surface area (Å²) in [6.07, 6.45) is 8.22. The van der Waals surface area contributed by atoms with E-state index in [2.05, 4.69) is 96.7 Å².